The van der Waals surface area contributed by atoms with Gasteiger partial charge in [-0.3, -0.25) is 0 Å². The third kappa shape index (κ3) is 5.64. The van der Waals surface area contributed by atoms with Gasteiger partial charge in [0.25, 0.3) is 0 Å². The molecule has 158 valence electrons. The van der Waals surface area contributed by atoms with Crippen molar-refractivity contribution in [3.8, 4) is 0 Å². The van der Waals surface area contributed by atoms with Crippen molar-refractivity contribution in [1.29, 1.82) is 0 Å². The van der Waals surface area contributed by atoms with Gasteiger partial charge in [0.15, 0.2) is 0 Å². The fourth-order valence-corrected chi connectivity index (χ4v) is 5.62. The molecule has 0 aromatic heterocycles. The summed E-state index contributed by atoms with van der Waals surface area (Å²) in [5, 5.41) is 0. The third-order valence-electron chi connectivity index (χ3n) is 7.42. The van der Waals surface area contributed by atoms with Crippen LogP contribution in [-0.2, 0) is 4.74 Å². The molecule has 1 saturated carbocycles. The van der Waals surface area contributed by atoms with Crippen molar-refractivity contribution in [1.82, 2.24) is 4.90 Å². The Balaban J connectivity index is 1.88. The van der Waals surface area contributed by atoms with E-state index in [1.54, 1.807) is 0 Å². The Morgan fingerprint density at radius 3 is 2.19 bits per heavy atom. The van der Waals surface area contributed by atoms with E-state index >= 15 is 0 Å². The molecule has 0 aromatic carbocycles. The number of carbonyl (C=O) groups is 1. The van der Waals surface area contributed by atoms with Crippen molar-refractivity contribution in [3.63, 3.8) is 0 Å². The van der Waals surface area contributed by atoms with Crippen molar-refractivity contribution in [2.75, 3.05) is 13.1 Å². The Labute approximate surface area is 168 Å². The van der Waals surface area contributed by atoms with E-state index in [-0.39, 0.29) is 6.09 Å². The molecule has 1 heterocycles. The minimum atomic E-state index is -0.412. The Morgan fingerprint density at radius 2 is 1.70 bits per heavy atom. The van der Waals surface area contributed by atoms with Crippen LogP contribution in [0.15, 0.2) is 0 Å². The van der Waals surface area contributed by atoms with Crippen molar-refractivity contribution in [2.45, 2.75) is 93.6 Å². The number of ether oxygens (including phenoxy) is 1. The first-order valence-corrected chi connectivity index (χ1v) is 11.3. The molecule has 0 N–H and O–H groups in total. The molecule has 1 aliphatic heterocycles. The molecule has 0 aromatic rings. The van der Waals surface area contributed by atoms with Gasteiger partial charge >= 0.3 is 6.09 Å². The molecular formula is C24H45NO2. The van der Waals surface area contributed by atoms with E-state index in [9.17, 15) is 4.79 Å². The second kappa shape index (κ2) is 8.33. The lowest BCUT2D eigenvalue weighted by atomic mass is 9.55. The molecule has 0 spiro atoms. The summed E-state index contributed by atoms with van der Waals surface area (Å²) in [6, 6.07) is 0. The van der Waals surface area contributed by atoms with Gasteiger partial charge in [-0.05, 0) is 81.0 Å². The van der Waals surface area contributed by atoms with Gasteiger partial charge < -0.3 is 9.64 Å². The van der Waals surface area contributed by atoms with Crippen LogP contribution < -0.4 is 0 Å². The fourth-order valence-electron chi connectivity index (χ4n) is 5.62. The predicted molar refractivity (Wildman–Crippen MR) is 114 cm³/mol. The van der Waals surface area contributed by atoms with Crippen LogP contribution in [0, 0.1) is 40.9 Å². The van der Waals surface area contributed by atoms with Crippen molar-refractivity contribution in [2.24, 2.45) is 40.9 Å². The summed E-state index contributed by atoms with van der Waals surface area (Å²) in [7, 11) is 0. The van der Waals surface area contributed by atoms with Crippen LogP contribution in [-0.4, -0.2) is 29.7 Å². The maximum Gasteiger partial charge on any atom is 0.410 e. The molecular weight excluding hydrogens is 334 g/mol. The molecule has 2 fully saturated rings. The fraction of sp³-hybridized carbons (Fsp3) is 0.958. The molecule has 1 unspecified atom stereocenters. The normalized spacial score (nSPS) is 30.4. The summed E-state index contributed by atoms with van der Waals surface area (Å²) in [5.41, 5.74) is -0.0422. The van der Waals surface area contributed by atoms with Gasteiger partial charge in [0.2, 0.25) is 0 Å². The second-order valence-corrected chi connectivity index (χ2v) is 11.6. The van der Waals surface area contributed by atoms with E-state index < -0.39 is 5.60 Å². The monoisotopic (exact) mass is 379 g/mol. The van der Waals surface area contributed by atoms with E-state index in [2.05, 4.69) is 41.5 Å². The van der Waals surface area contributed by atoms with Crippen LogP contribution in [0.1, 0.15) is 88.0 Å². The van der Waals surface area contributed by atoms with Crippen LogP contribution in [0.3, 0.4) is 0 Å². The van der Waals surface area contributed by atoms with E-state index in [0.717, 1.165) is 36.8 Å². The van der Waals surface area contributed by atoms with Gasteiger partial charge in [0.05, 0.1) is 0 Å². The van der Waals surface area contributed by atoms with E-state index in [1.807, 2.05) is 25.7 Å². The largest absolute Gasteiger partial charge is 0.444 e. The minimum absolute atomic E-state index is 0.138. The molecule has 3 atom stereocenters. The Bertz CT molecular complexity index is 499. The topological polar surface area (TPSA) is 29.5 Å². The van der Waals surface area contributed by atoms with Crippen molar-refractivity contribution < 1.29 is 9.53 Å². The van der Waals surface area contributed by atoms with Gasteiger partial charge in [0.1, 0.15) is 5.60 Å². The molecule has 2 aliphatic rings. The predicted octanol–water partition coefficient (Wildman–Crippen LogP) is 6.61. The molecule has 0 bridgehead atoms. The summed E-state index contributed by atoms with van der Waals surface area (Å²) >= 11 is 0. The van der Waals surface area contributed by atoms with Gasteiger partial charge in [-0.15, -0.1) is 0 Å². The minimum Gasteiger partial charge on any atom is -0.444 e. The van der Waals surface area contributed by atoms with Crippen LogP contribution >= 0.6 is 0 Å². The lowest BCUT2D eigenvalue weighted by Gasteiger charge is -2.50. The average Bonchev–Trinajstić information content (AvgIpc) is 2.80. The van der Waals surface area contributed by atoms with E-state index in [0.29, 0.717) is 17.3 Å². The van der Waals surface area contributed by atoms with Crippen molar-refractivity contribution >= 4 is 6.09 Å². The number of hydrogen-bond donors (Lipinski definition) is 0. The summed E-state index contributed by atoms with van der Waals surface area (Å²) < 4.78 is 5.59. The molecule has 27 heavy (non-hydrogen) atoms. The van der Waals surface area contributed by atoms with Gasteiger partial charge in [-0.25, -0.2) is 4.79 Å². The lowest BCUT2D eigenvalue weighted by molar-refractivity contribution is -0.000786. The second-order valence-electron chi connectivity index (χ2n) is 11.6. The van der Waals surface area contributed by atoms with Crippen LogP contribution in [0.5, 0.6) is 0 Å². The molecule has 0 radical (unpaired) electrons. The zero-order valence-electron chi connectivity index (χ0n) is 19.5. The molecule has 3 nitrogen and oxygen atoms in total. The summed E-state index contributed by atoms with van der Waals surface area (Å²) in [6.07, 6.45) is 5.21. The maximum absolute atomic E-state index is 12.4. The average molecular weight is 380 g/mol. The Kier molecular flexibility index (Phi) is 6.96. The SMILES string of the molecule is CCC(C(C)C)C1CC(C(C)(C)C[C@@H]2CN(C(=O)OC(C)(C)C)C[C@H]2C)C1. The first-order chi connectivity index (χ1) is 12.3. The summed E-state index contributed by atoms with van der Waals surface area (Å²) in [5.74, 6) is 4.63. The number of likely N-dealkylation sites (tertiary alicyclic amines) is 1. The zero-order valence-corrected chi connectivity index (χ0v) is 19.5. The highest BCUT2D eigenvalue weighted by atomic mass is 16.6. The van der Waals surface area contributed by atoms with Crippen LogP contribution in [0.25, 0.3) is 0 Å². The third-order valence-corrected chi connectivity index (χ3v) is 7.42. The number of hydrogen-bond acceptors (Lipinski definition) is 2. The molecule has 1 aliphatic carbocycles. The molecule has 2 rings (SSSR count). The van der Waals surface area contributed by atoms with E-state index in [4.69, 9.17) is 4.74 Å². The highest BCUT2D eigenvalue weighted by Crippen LogP contribution is 2.53. The van der Waals surface area contributed by atoms with E-state index in [1.165, 1.54) is 25.7 Å². The van der Waals surface area contributed by atoms with Gasteiger partial charge in [-0.1, -0.05) is 48.0 Å². The lowest BCUT2D eigenvalue weighted by Crippen LogP contribution is -2.41. The Morgan fingerprint density at radius 1 is 1.11 bits per heavy atom. The maximum atomic E-state index is 12.4. The quantitative estimate of drug-likeness (QED) is 0.519. The first-order valence-electron chi connectivity index (χ1n) is 11.3. The van der Waals surface area contributed by atoms with Gasteiger partial charge in [-0.2, -0.15) is 0 Å². The summed E-state index contributed by atoms with van der Waals surface area (Å²) in [4.78, 5) is 14.4. The first kappa shape index (κ1) is 22.6. The molecule has 1 amide bonds. The van der Waals surface area contributed by atoms with Gasteiger partial charge in [0, 0.05) is 13.1 Å². The molecule has 3 heteroatoms. The van der Waals surface area contributed by atoms with Crippen LogP contribution in [0.4, 0.5) is 4.79 Å². The zero-order chi connectivity index (χ0) is 20.6. The smallest absolute Gasteiger partial charge is 0.410 e. The Hall–Kier alpha value is -0.730. The molecule has 1 saturated heterocycles. The number of rotatable bonds is 6. The number of nitrogens with zero attached hydrogens (tertiary/aromatic N) is 1. The highest BCUT2D eigenvalue weighted by molar-refractivity contribution is 5.68. The van der Waals surface area contributed by atoms with Crippen LogP contribution in [0.2, 0.25) is 0 Å². The number of amides is 1. The summed E-state index contributed by atoms with van der Waals surface area (Å²) in [6.45, 7) is 21.9. The number of carbonyl (C=O) groups excluding carboxylic acids is 1. The highest BCUT2D eigenvalue weighted by Gasteiger charge is 2.45. The van der Waals surface area contributed by atoms with Crippen molar-refractivity contribution in [3.05, 3.63) is 0 Å². The standard InChI is InChI=1S/C24H45NO2/c1-10-21(16(2)3)18-11-20(12-18)24(8,9)13-19-15-25(14-17(19)4)22(26)27-23(5,6)7/h16-21H,10-15H2,1-9H3/t17-,18?,19-,20?,21?/m1/s1.